The average molecular weight is 257 g/mol. The van der Waals surface area contributed by atoms with Crippen molar-refractivity contribution in [1.29, 1.82) is 0 Å². The monoisotopic (exact) mass is 256 g/mol. The molecule has 0 N–H and O–H groups in total. The van der Waals surface area contributed by atoms with Gasteiger partial charge >= 0.3 is 0 Å². The van der Waals surface area contributed by atoms with Gasteiger partial charge in [-0.3, -0.25) is 4.79 Å². The van der Waals surface area contributed by atoms with E-state index in [2.05, 4.69) is 0 Å². The fourth-order valence-corrected chi connectivity index (χ4v) is 2.06. The van der Waals surface area contributed by atoms with Crippen molar-refractivity contribution in [3.05, 3.63) is 29.0 Å². The number of likely N-dealkylation sites (N-methyl/N-ethyl adjacent to an activating group) is 1. The molecule has 17 heavy (non-hydrogen) atoms. The molecule has 1 aromatic carbocycles. The Labute approximate surface area is 105 Å². The van der Waals surface area contributed by atoms with E-state index in [1.165, 1.54) is 6.07 Å². The van der Waals surface area contributed by atoms with Gasteiger partial charge in [0.1, 0.15) is 5.82 Å². The summed E-state index contributed by atoms with van der Waals surface area (Å²) in [6.07, 6.45) is 0.900. The molecular formula is C12H14ClFN2O. The van der Waals surface area contributed by atoms with E-state index in [-0.39, 0.29) is 10.9 Å². The number of nitrogens with zero attached hydrogens (tertiary/aromatic N) is 2. The van der Waals surface area contributed by atoms with Gasteiger partial charge in [-0.1, -0.05) is 11.6 Å². The molecule has 1 saturated heterocycles. The maximum Gasteiger partial charge on any atom is 0.241 e. The van der Waals surface area contributed by atoms with Crippen molar-refractivity contribution in [3.8, 4) is 0 Å². The molecule has 92 valence electrons. The molecule has 3 nitrogen and oxygen atoms in total. The van der Waals surface area contributed by atoms with Crippen LogP contribution < -0.4 is 4.90 Å². The molecule has 1 aliphatic rings. The lowest BCUT2D eigenvalue weighted by molar-refractivity contribution is -0.127. The van der Waals surface area contributed by atoms with Gasteiger partial charge in [0.25, 0.3) is 0 Å². The SMILES string of the molecule is CN1CCCN(c2ccc(F)c(Cl)c2)CC1=O. The molecule has 0 atom stereocenters. The van der Waals surface area contributed by atoms with Crippen molar-refractivity contribution in [2.45, 2.75) is 6.42 Å². The first-order valence-electron chi connectivity index (χ1n) is 5.52. The third-order valence-corrected chi connectivity index (χ3v) is 3.23. The summed E-state index contributed by atoms with van der Waals surface area (Å²) < 4.78 is 13.1. The molecule has 1 heterocycles. The Balaban J connectivity index is 2.21. The number of hydrogen-bond acceptors (Lipinski definition) is 2. The van der Waals surface area contributed by atoms with E-state index in [0.29, 0.717) is 6.54 Å². The summed E-state index contributed by atoms with van der Waals surface area (Å²) in [5, 5.41) is 0.0903. The molecule has 0 spiro atoms. The zero-order chi connectivity index (χ0) is 12.4. The lowest BCUT2D eigenvalue weighted by atomic mass is 10.2. The molecule has 0 bridgehead atoms. The maximum atomic E-state index is 13.1. The second kappa shape index (κ2) is 4.92. The Hall–Kier alpha value is -1.29. The molecule has 1 aromatic rings. The molecule has 0 aliphatic carbocycles. The van der Waals surface area contributed by atoms with Gasteiger partial charge in [-0.05, 0) is 24.6 Å². The van der Waals surface area contributed by atoms with E-state index < -0.39 is 5.82 Å². The second-order valence-electron chi connectivity index (χ2n) is 4.19. The van der Waals surface area contributed by atoms with Gasteiger partial charge in [-0.2, -0.15) is 0 Å². The number of amides is 1. The number of benzene rings is 1. The van der Waals surface area contributed by atoms with Crippen LogP contribution in [0.5, 0.6) is 0 Å². The fraction of sp³-hybridized carbons (Fsp3) is 0.417. The second-order valence-corrected chi connectivity index (χ2v) is 4.60. The molecule has 0 unspecified atom stereocenters. The Morgan fingerprint density at radius 2 is 2.12 bits per heavy atom. The van der Waals surface area contributed by atoms with Crippen LogP contribution in [0.1, 0.15) is 6.42 Å². The highest BCUT2D eigenvalue weighted by atomic mass is 35.5. The number of carbonyl (C=O) groups is 1. The summed E-state index contributed by atoms with van der Waals surface area (Å²) in [6, 6.07) is 4.55. The Morgan fingerprint density at radius 3 is 2.82 bits per heavy atom. The first-order chi connectivity index (χ1) is 8.08. The molecular weight excluding hydrogens is 243 g/mol. The lowest BCUT2D eigenvalue weighted by Gasteiger charge is -2.22. The Bertz CT molecular complexity index is 439. The summed E-state index contributed by atoms with van der Waals surface area (Å²) in [5.41, 5.74) is 0.792. The van der Waals surface area contributed by atoms with Crippen LogP contribution in [0, 0.1) is 5.82 Å². The van der Waals surface area contributed by atoms with E-state index in [1.54, 1.807) is 24.1 Å². The average Bonchev–Trinajstić information content (AvgIpc) is 2.46. The predicted octanol–water partition coefficient (Wildman–Crippen LogP) is 2.15. The number of halogens is 2. The standard InChI is InChI=1S/C12H14ClFN2O/c1-15-5-2-6-16(8-12(15)17)9-3-4-11(14)10(13)7-9/h3-4,7H,2,5-6,8H2,1H3. The third-order valence-electron chi connectivity index (χ3n) is 2.94. The van der Waals surface area contributed by atoms with Gasteiger partial charge < -0.3 is 9.80 Å². The van der Waals surface area contributed by atoms with Gasteiger partial charge in [0.15, 0.2) is 0 Å². The number of rotatable bonds is 1. The summed E-state index contributed by atoms with van der Waals surface area (Å²) in [4.78, 5) is 15.4. The van der Waals surface area contributed by atoms with E-state index in [4.69, 9.17) is 11.6 Å². The highest BCUT2D eigenvalue weighted by molar-refractivity contribution is 6.31. The lowest BCUT2D eigenvalue weighted by Crippen LogP contribution is -2.34. The largest absolute Gasteiger partial charge is 0.362 e. The number of hydrogen-bond donors (Lipinski definition) is 0. The first kappa shape index (κ1) is 12.2. The highest BCUT2D eigenvalue weighted by Gasteiger charge is 2.19. The molecule has 1 amide bonds. The van der Waals surface area contributed by atoms with Crippen molar-refractivity contribution in [1.82, 2.24) is 4.90 Å². The van der Waals surface area contributed by atoms with Gasteiger partial charge in [0.05, 0.1) is 11.6 Å². The van der Waals surface area contributed by atoms with E-state index in [9.17, 15) is 9.18 Å². The topological polar surface area (TPSA) is 23.6 Å². The number of carbonyl (C=O) groups excluding carboxylic acids is 1. The van der Waals surface area contributed by atoms with Gasteiger partial charge in [-0.25, -0.2) is 4.39 Å². The Kier molecular flexibility index (Phi) is 3.52. The van der Waals surface area contributed by atoms with Crippen LogP contribution in [0.3, 0.4) is 0 Å². The zero-order valence-electron chi connectivity index (χ0n) is 9.62. The van der Waals surface area contributed by atoms with Gasteiger partial charge in [0, 0.05) is 25.8 Å². The van der Waals surface area contributed by atoms with Crippen LogP contribution in [-0.2, 0) is 4.79 Å². The van der Waals surface area contributed by atoms with Crippen LogP contribution in [-0.4, -0.2) is 37.5 Å². The van der Waals surface area contributed by atoms with Gasteiger partial charge in [0.2, 0.25) is 5.91 Å². The minimum absolute atomic E-state index is 0.0722. The van der Waals surface area contributed by atoms with E-state index in [1.807, 2.05) is 4.90 Å². The van der Waals surface area contributed by atoms with Crippen LogP contribution in [0.2, 0.25) is 5.02 Å². The number of anilines is 1. The van der Waals surface area contributed by atoms with E-state index in [0.717, 1.165) is 25.2 Å². The maximum absolute atomic E-state index is 13.1. The van der Waals surface area contributed by atoms with Crippen molar-refractivity contribution in [2.24, 2.45) is 0 Å². The van der Waals surface area contributed by atoms with Crippen LogP contribution in [0.4, 0.5) is 10.1 Å². The van der Waals surface area contributed by atoms with E-state index >= 15 is 0 Å². The van der Waals surface area contributed by atoms with Gasteiger partial charge in [-0.15, -0.1) is 0 Å². The molecule has 0 saturated carbocycles. The normalized spacial score (nSPS) is 17.2. The fourth-order valence-electron chi connectivity index (χ4n) is 1.89. The minimum Gasteiger partial charge on any atom is -0.362 e. The van der Waals surface area contributed by atoms with Crippen molar-refractivity contribution >= 4 is 23.2 Å². The van der Waals surface area contributed by atoms with Crippen LogP contribution in [0.25, 0.3) is 0 Å². The molecule has 1 aliphatic heterocycles. The molecule has 1 fully saturated rings. The van der Waals surface area contributed by atoms with Crippen molar-refractivity contribution < 1.29 is 9.18 Å². The summed E-state index contributed by atoms with van der Waals surface area (Å²) in [7, 11) is 1.80. The summed E-state index contributed by atoms with van der Waals surface area (Å²) in [6.45, 7) is 1.85. The summed E-state index contributed by atoms with van der Waals surface area (Å²) in [5.74, 6) is -0.364. The van der Waals surface area contributed by atoms with Crippen LogP contribution in [0.15, 0.2) is 18.2 Å². The van der Waals surface area contributed by atoms with Crippen molar-refractivity contribution in [3.63, 3.8) is 0 Å². The quantitative estimate of drug-likeness (QED) is 0.769. The molecule has 0 aromatic heterocycles. The third kappa shape index (κ3) is 2.69. The first-order valence-corrected chi connectivity index (χ1v) is 5.89. The highest BCUT2D eigenvalue weighted by Crippen LogP contribution is 2.23. The molecule has 2 rings (SSSR count). The minimum atomic E-state index is -0.436. The predicted molar refractivity (Wildman–Crippen MR) is 65.9 cm³/mol. The molecule has 5 heteroatoms. The zero-order valence-corrected chi connectivity index (χ0v) is 10.4. The smallest absolute Gasteiger partial charge is 0.241 e. The van der Waals surface area contributed by atoms with Crippen molar-refractivity contribution in [2.75, 3.05) is 31.6 Å². The Morgan fingerprint density at radius 1 is 1.35 bits per heavy atom. The molecule has 0 radical (unpaired) electrons. The summed E-state index contributed by atoms with van der Waals surface area (Å²) >= 11 is 5.74. The van der Waals surface area contributed by atoms with Crippen LogP contribution >= 0.6 is 11.6 Å².